The quantitative estimate of drug-likeness (QED) is 0.780. The Kier molecular flexibility index (Phi) is 5.25. The molecule has 0 spiro atoms. The van der Waals surface area contributed by atoms with Crippen molar-refractivity contribution in [2.75, 3.05) is 11.5 Å². The van der Waals surface area contributed by atoms with Gasteiger partial charge in [0.1, 0.15) is 0 Å². The fourth-order valence-electron chi connectivity index (χ4n) is 2.55. The number of rotatable bonds is 6. The van der Waals surface area contributed by atoms with Crippen molar-refractivity contribution in [1.82, 2.24) is 5.32 Å². The van der Waals surface area contributed by atoms with E-state index in [0.717, 1.165) is 5.92 Å². The molecule has 1 aliphatic carbocycles. The van der Waals surface area contributed by atoms with Crippen LogP contribution in [-0.2, 0) is 9.84 Å². The summed E-state index contributed by atoms with van der Waals surface area (Å²) in [6.45, 7) is 5.93. The Morgan fingerprint density at radius 2 is 2.00 bits per heavy atom. The molecule has 0 aliphatic heterocycles. The van der Waals surface area contributed by atoms with Gasteiger partial charge in [-0.05, 0) is 32.1 Å². The first kappa shape index (κ1) is 14.0. The van der Waals surface area contributed by atoms with E-state index in [1.807, 2.05) is 6.92 Å². The van der Waals surface area contributed by atoms with Crippen molar-refractivity contribution in [2.24, 2.45) is 5.92 Å². The minimum absolute atomic E-state index is 0.0885. The lowest BCUT2D eigenvalue weighted by Gasteiger charge is -2.19. The van der Waals surface area contributed by atoms with Gasteiger partial charge in [0.25, 0.3) is 0 Å². The van der Waals surface area contributed by atoms with Gasteiger partial charge in [0.2, 0.25) is 0 Å². The Balaban J connectivity index is 2.33. The highest BCUT2D eigenvalue weighted by molar-refractivity contribution is 7.91. The molecule has 1 rings (SSSR count). The maximum Gasteiger partial charge on any atom is 0.151 e. The van der Waals surface area contributed by atoms with Crippen molar-refractivity contribution in [2.45, 2.75) is 58.5 Å². The van der Waals surface area contributed by atoms with Crippen molar-refractivity contribution >= 4 is 9.84 Å². The van der Waals surface area contributed by atoms with Gasteiger partial charge in [-0.2, -0.15) is 0 Å². The zero-order valence-electron chi connectivity index (χ0n) is 10.7. The topological polar surface area (TPSA) is 46.2 Å². The van der Waals surface area contributed by atoms with Crippen LogP contribution in [0.4, 0.5) is 0 Å². The summed E-state index contributed by atoms with van der Waals surface area (Å²) in [6.07, 6.45) is 4.96. The largest absolute Gasteiger partial charge is 0.310 e. The van der Waals surface area contributed by atoms with Gasteiger partial charge >= 0.3 is 0 Å². The van der Waals surface area contributed by atoms with E-state index in [1.54, 1.807) is 6.92 Å². The van der Waals surface area contributed by atoms with Crippen LogP contribution in [0.5, 0.6) is 0 Å². The average molecular weight is 247 g/mol. The molecular weight excluding hydrogens is 222 g/mol. The van der Waals surface area contributed by atoms with Crippen molar-refractivity contribution in [3.63, 3.8) is 0 Å². The van der Waals surface area contributed by atoms with E-state index < -0.39 is 9.84 Å². The lowest BCUT2D eigenvalue weighted by molar-refractivity contribution is 0.444. The molecule has 4 heteroatoms. The summed E-state index contributed by atoms with van der Waals surface area (Å²) in [7, 11) is -2.84. The smallest absolute Gasteiger partial charge is 0.151 e. The third-order valence-electron chi connectivity index (χ3n) is 3.58. The van der Waals surface area contributed by atoms with Crippen molar-refractivity contribution in [3.05, 3.63) is 0 Å². The molecule has 0 aromatic heterocycles. The first-order valence-electron chi connectivity index (χ1n) is 6.43. The second-order valence-electron chi connectivity index (χ2n) is 5.05. The Labute approximate surface area is 99.9 Å². The van der Waals surface area contributed by atoms with Gasteiger partial charge in [0, 0.05) is 17.8 Å². The summed E-state index contributed by atoms with van der Waals surface area (Å²) in [5.74, 6) is 1.37. The van der Waals surface area contributed by atoms with Gasteiger partial charge in [0.15, 0.2) is 9.84 Å². The molecule has 1 aliphatic rings. The molecule has 3 atom stereocenters. The summed E-state index contributed by atoms with van der Waals surface area (Å²) >= 11 is 0. The molecule has 0 saturated heterocycles. The van der Waals surface area contributed by atoms with Crippen LogP contribution in [0.3, 0.4) is 0 Å². The van der Waals surface area contributed by atoms with Crippen molar-refractivity contribution in [1.29, 1.82) is 0 Å². The molecule has 0 aromatic carbocycles. The number of hydrogen-bond donors (Lipinski definition) is 1. The molecule has 0 heterocycles. The highest BCUT2D eigenvalue weighted by atomic mass is 32.2. The molecule has 1 fully saturated rings. The van der Waals surface area contributed by atoms with E-state index in [4.69, 9.17) is 0 Å². The highest BCUT2D eigenvalue weighted by Crippen LogP contribution is 2.28. The highest BCUT2D eigenvalue weighted by Gasteiger charge is 2.25. The van der Waals surface area contributed by atoms with E-state index >= 15 is 0 Å². The summed E-state index contributed by atoms with van der Waals surface area (Å²) < 4.78 is 22.9. The van der Waals surface area contributed by atoms with Gasteiger partial charge in [-0.25, -0.2) is 8.42 Å². The maximum atomic E-state index is 11.5. The molecule has 96 valence electrons. The zero-order chi connectivity index (χ0) is 12.2. The Morgan fingerprint density at radius 1 is 1.31 bits per heavy atom. The molecular formula is C12H25NO2S. The Morgan fingerprint density at radius 3 is 2.50 bits per heavy atom. The Hall–Kier alpha value is -0.0900. The molecule has 0 aromatic rings. The molecule has 3 unspecified atom stereocenters. The van der Waals surface area contributed by atoms with Gasteiger partial charge in [-0.3, -0.25) is 0 Å². The lowest BCUT2D eigenvalue weighted by atomic mass is 10.1. The second-order valence-corrected chi connectivity index (χ2v) is 7.45. The molecule has 1 N–H and O–H groups in total. The van der Waals surface area contributed by atoms with E-state index in [0.29, 0.717) is 6.04 Å². The molecule has 0 amide bonds. The number of nitrogens with one attached hydrogen (secondary N) is 1. The third kappa shape index (κ3) is 4.42. The summed E-state index contributed by atoms with van der Waals surface area (Å²) in [4.78, 5) is 0. The SMILES string of the molecule is CCC1CCC(NC(C)CS(=O)(=O)CC)C1. The molecule has 1 saturated carbocycles. The van der Waals surface area contributed by atoms with Crippen LogP contribution >= 0.6 is 0 Å². The molecule has 16 heavy (non-hydrogen) atoms. The minimum atomic E-state index is -2.84. The average Bonchev–Trinajstić information content (AvgIpc) is 2.64. The van der Waals surface area contributed by atoms with Crippen molar-refractivity contribution < 1.29 is 8.42 Å². The lowest BCUT2D eigenvalue weighted by Crippen LogP contribution is -2.39. The fraction of sp³-hybridized carbons (Fsp3) is 1.00. The predicted molar refractivity (Wildman–Crippen MR) is 68.3 cm³/mol. The van der Waals surface area contributed by atoms with E-state index in [1.165, 1.54) is 25.7 Å². The summed E-state index contributed by atoms with van der Waals surface area (Å²) in [5.41, 5.74) is 0. The normalized spacial score (nSPS) is 28.2. The van der Waals surface area contributed by atoms with Crippen LogP contribution < -0.4 is 5.32 Å². The predicted octanol–water partition coefficient (Wildman–Crippen LogP) is 1.98. The van der Waals surface area contributed by atoms with Gasteiger partial charge in [-0.1, -0.05) is 20.3 Å². The molecule has 3 nitrogen and oxygen atoms in total. The van der Waals surface area contributed by atoms with Crippen LogP contribution in [0.25, 0.3) is 0 Å². The van der Waals surface area contributed by atoms with Crippen LogP contribution in [0, 0.1) is 5.92 Å². The van der Waals surface area contributed by atoms with Crippen LogP contribution in [0.15, 0.2) is 0 Å². The fourth-order valence-corrected chi connectivity index (χ4v) is 3.64. The second kappa shape index (κ2) is 6.01. The monoisotopic (exact) mass is 247 g/mol. The molecule has 0 bridgehead atoms. The third-order valence-corrected chi connectivity index (χ3v) is 5.47. The first-order valence-corrected chi connectivity index (χ1v) is 8.25. The maximum absolute atomic E-state index is 11.5. The number of hydrogen-bond acceptors (Lipinski definition) is 3. The first-order chi connectivity index (χ1) is 7.46. The zero-order valence-corrected chi connectivity index (χ0v) is 11.5. The Bertz CT molecular complexity index is 300. The van der Waals surface area contributed by atoms with Gasteiger partial charge < -0.3 is 5.32 Å². The summed E-state index contributed by atoms with van der Waals surface area (Å²) in [5, 5.41) is 3.45. The van der Waals surface area contributed by atoms with Gasteiger partial charge in [-0.15, -0.1) is 0 Å². The minimum Gasteiger partial charge on any atom is -0.310 e. The van der Waals surface area contributed by atoms with Crippen LogP contribution in [-0.4, -0.2) is 32.0 Å². The van der Waals surface area contributed by atoms with Crippen LogP contribution in [0.1, 0.15) is 46.5 Å². The molecule has 0 radical (unpaired) electrons. The summed E-state index contributed by atoms with van der Waals surface area (Å²) in [6, 6.07) is 0.623. The number of sulfone groups is 1. The van der Waals surface area contributed by atoms with Crippen LogP contribution in [0.2, 0.25) is 0 Å². The van der Waals surface area contributed by atoms with E-state index in [2.05, 4.69) is 12.2 Å². The van der Waals surface area contributed by atoms with E-state index in [-0.39, 0.29) is 17.5 Å². The van der Waals surface area contributed by atoms with Crippen molar-refractivity contribution in [3.8, 4) is 0 Å². The van der Waals surface area contributed by atoms with E-state index in [9.17, 15) is 8.42 Å². The standard InChI is InChI=1S/C12H25NO2S/c1-4-11-6-7-12(8-11)13-10(3)9-16(14,15)5-2/h10-13H,4-9H2,1-3H3. The van der Waals surface area contributed by atoms with Gasteiger partial charge in [0.05, 0.1) is 5.75 Å².